The van der Waals surface area contributed by atoms with Crippen molar-refractivity contribution >= 4 is 9.52 Å². The van der Waals surface area contributed by atoms with Gasteiger partial charge in [0.1, 0.15) is 0 Å². The zero-order valence-electron chi connectivity index (χ0n) is 20.8. The second-order valence-corrected chi connectivity index (χ2v) is 12.4. The third-order valence-corrected chi connectivity index (χ3v) is 9.54. The summed E-state index contributed by atoms with van der Waals surface area (Å²) in [5, 5.41) is 0.764. The molecule has 0 saturated carbocycles. The minimum atomic E-state index is 0.120. The van der Waals surface area contributed by atoms with Crippen molar-refractivity contribution in [3.63, 3.8) is 0 Å². The van der Waals surface area contributed by atoms with Crippen LogP contribution in [0.5, 0.6) is 0 Å². The number of hydrogen-bond donors (Lipinski definition) is 0. The van der Waals surface area contributed by atoms with Crippen LogP contribution < -0.4 is 0 Å². The van der Waals surface area contributed by atoms with Gasteiger partial charge in [-0.05, 0) is 5.04 Å². The summed E-state index contributed by atoms with van der Waals surface area (Å²) in [6, 6.07) is 0. The van der Waals surface area contributed by atoms with Gasteiger partial charge in [0.2, 0.25) is 0 Å². The lowest BCUT2D eigenvalue weighted by atomic mass is 9.94. The predicted octanol–water partition coefficient (Wildman–Crippen LogP) is 10.0. The molecule has 0 heterocycles. The van der Waals surface area contributed by atoms with Crippen molar-refractivity contribution in [3.8, 4) is 0 Å². The van der Waals surface area contributed by atoms with Crippen molar-refractivity contribution in [1.29, 1.82) is 0 Å². The van der Waals surface area contributed by atoms with E-state index in [0.29, 0.717) is 0 Å². The molecule has 0 unspecified atom stereocenters. The molecule has 28 heavy (non-hydrogen) atoms. The maximum Gasteiger partial charge on any atom is 0.0236 e. The summed E-state index contributed by atoms with van der Waals surface area (Å²) in [7, 11) is 0.120. The van der Waals surface area contributed by atoms with E-state index in [-0.39, 0.29) is 9.52 Å². The Bertz CT molecular complexity index is 262. The van der Waals surface area contributed by atoms with E-state index in [9.17, 15) is 0 Å². The third-order valence-electron chi connectivity index (χ3n) is 7.12. The molecule has 0 saturated heterocycles. The molecule has 0 aliphatic carbocycles. The van der Waals surface area contributed by atoms with Crippen molar-refractivity contribution in [2.75, 3.05) is 0 Å². The van der Waals surface area contributed by atoms with E-state index >= 15 is 0 Å². The molecule has 0 aliphatic rings. The molecular weight excluding hydrogens is 352 g/mol. The molecule has 0 bridgehead atoms. The van der Waals surface area contributed by atoms with E-state index in [1.54, 1.807) is 0 Å². The Kier molecular flexibility index (Phi) is 22.1. The van der Waals surface area contributed by atoms with Gasteiger partial charge in [0.25, 0.3) is 0 Å². The van der Waals surface area contributed by atoms with E-state index in [0.717, 1.165) is 5.04 Å². The quantitative estimate of drug-likeness (QED) is 0.116. The van der Waals surface area contributed by atoms with Gasteiger partial charge in [-0.15, -0.1) is 0 Å². The summed E-state index contributed by atoms with van der Waals surface area (Å²) in [6.07, 6.45) is 32.5. The predicted molar refractivity (Wildman–Crippen MR) is 136 cm³/mol. The molecule has 0 N–H and O–H groups in total. The van der Waals surface area contributed by atoms with E-state index in [4.69, 9.17) is 0 Å². The first-order valence-corrected chi connectivity index (χ1v) is 15.8. The molecular formula is C27H58Si. The molecule has 0 aromatic carbocycles. The van der Waals surface area contributed by atoms with Gasteiger partial charge in [0.05, 0.1) is 0 Å². The monoisotopic (exact) mass is 410 g/mol. The van der Waals surface area contributed by atoms with E-state index in [2.05, 4.69) is 27.3 Å². The topological polar surface area (TPSA) is 0 Å². The molecule has 0 aromatic heterocycles. The van der Waals surface area contributed by atoms with Crippen LogP contribution >= 0.6 is 0 Å². The molecule has 0 rings (SSSR count). The maximum atomic E-state index is 2.63. The van der Waals surface area contributed by atoms with E-state index in [1.165, 1.54) is 141 Å². The fourth-order valence-electron chi connectivity index (χ4n) is 4.56. The average Bonchev–Trinajstić information content (AvgIpc) is 2.71. The molecule has 0 amide bonds. The lowest BCUT2D eigenvalue weighted by Gasteiger charge is -2.28. The molecule has 1 heteroatoms. The van der Waals surface area contributed by atoms with Crippen LogP contribution in [0.4, 0.5) is 0 Å². The first kappa shape index (κ1) is 28.2. The first-order valence-electron chi connectivity index (χ1n) is 13.7. The molecule has 0 spiro atoms. The summed E-state index contributed by atoms with van der Waals surface area (Å²) in [6.45, 7) is 9.81. The van der Waals surface area contributed by atoms with Crippen LogP contribution in [0.15, 0.2) is 0 Å². The molecule has 0 atom stereocenters. The Hall–Kier alpha value is 0.217. The van der Waals surface area contributed by atoms with Gasteiger partial charge in [-0.1, -0.05) is 169 Å². The van der Waals surface area contributed by atoms with Crippen LogP contribution in [0.2, 0.25) is 11.6 Å². The summed E-state index contributed by atoms with van der Waals surface area (Å²) < 4.78 is 0. The fourth-order valence-corrected chi connectivity index (χ4v) is 5.76. The highest BCUT2D eigenvalue weighted by Gasteiger charge is 2.20. The van der Waals surface area contributed by atoms with Crippen molar-refractivity contribution in [1.82, 2.24) is 0 Å². The van der Waals surface area contributed by atoms with Gasteiger partial charge in [-0.25, -0.2) is 0 Å². The van der Waals surface area contributed by atoms with Gasteiger partial charge in [0, 0.05) is 9.52 Å². The number of rotatable bonds is 23. The lowest BCUT2D eigenvalue weighted by molar-refractivity contribution is 0.443. The Morgan fingerprint density at radius 3 is 0.929 bits per heavy atom. The highest BCUT2D eigenvalue weighted by Crippen LogP contribution is 2.37. The largest absolute Gasteiger partial charge is 0.0744 e. The molecule has 0 aromatic rings. The SMILES string of the molecule is CCCCCCCCCCCCC(C)(CCCCCCCCCCCC)[SiH2]C. The van der Waals surface area contributed by atoms with Crippen LogP contribution in [-0.4, -0.2) is 9.52 Å². The van der Waals surface area contributed by atoms with Crippen LogP contribution in [0.25, 0.3) is 0 Å². The second kappa shape index (κ2) is 21.9. The summed E-state index contributed by atoms with van der Waals surface area (Å²) >= 11 is 0. The third kappa shape index (κ3) is 19.5. The van der Waals surface area contributed by atoms with Crippen molar-refractivity contribution in [2.45, 2.75) is 174 Å². The zero-order chi connectivity index (χ0) is 20.8. The maximum absolute atomic E-state index is 2.63. The standard InChI is InChI=1S/C27H58Si/c1-5-7-9-11-13-15-17-19-21-23-25-27(3,28-4)26-24-22-20-18-16-14-12-10-8-6-2/h5-26,28H2,1-4H3. The minimum absolute atomic E-state index is 0.120. The van der Waals surface area contributed by atoms with Crippen LogP contribution in [-0.2, 0) is 0 Å². The molecule has 0 nitrogen and oxygen atoms in total. The van der Waals surface area contributed by atoms with Crippen molar-refractivity contribution in [3.05, 3.63) is 0 Å². The Morgan fingerprint density at radius 1 is 0.429 bits per heavy atom. The van der Waals surface area contributed by atoms with Crippen molar-refractivity contribution in [2.24, 2.45) is 0 Å². The number of hydrogen-bond acceptors (Lipinski definition) is 0. The number of unbranched alkanes of at least 4 members (excludes halogenated alkanes) is 18. The summed E-state index contributed by atoms with van der Waals surface area (Å²) in [5.41, 5.74) is 0. The lowest BCUT2D eigenvalue weighted by Crippen LogP contribution is -2.14. The smallest absolute Gasteiger partial charge is 0.0236 e. The second-order valence-electron chi connectivity index (χ2n) is 10.0. The highest BCUT2D eigenvalue weighted by atomic mass is 28.2. The Balaban J connectivity index is 3.47. The van der Waals surface area contributed by atoms with E-state index in [1.807, 2.05) is 0 Å². The van der Waals surface area contributed by atoms with Gasteiger partial charge in [0.15, 0.2) is 0 Å². The van der Waals surface area contributed by atoms with Gasteiger partial charge < -0.3 is 0 Å². The first-order chi connectivity index (χ1) is 13.7. The van der Waals surface area contributed by atoms with Crippen LogP contribution in [0.3, 0.4) is 0 Å². The Labute approximate surface area is 183 Å². The molecule has 170 valence electrons. The fraction of sp³-hybridized carbons (Fsp3) is 1.00. The van der Waals surface area contributed by atoms with Crippen LogP contribution in [0.1, 0.15) is 162 Å². The normalized spacial score (nSPS) is 12.4. The zero-order valence-corrected chi connectivity index (χ0v) is 22.2. The average molecular weight is 411 g/mol. The minimum Gasteiger partial charge on any atom is -0.0744 e. The molecule has 0 aliphatic heterocycles. The Morgan fingerprint density at radius 2 is 0.679 bits per heavy atom. The van der Waals surface area contributed by atoms with Gasteiger partial charge in [-0.2, -0.15) is 0 Å². The molecule has 0 fully saturated rings. The van der Waals surface area contributed by atoms with Crippen LogP contribution in [0, 0.1) is 0 Å². The highest BCUT2D eigenvalue weighted by molar-refractivity contribution is 6.38. The van der Waals surface area contributed by atoms with Crippen molar-refractivity contribution < 1.29 is 0 Å². The van der Waals surface area contributed by atoms with E-state index < -0.39 is 0 Å². The van der Waals surface area contributed by atoms with Gasteiger partial charge >= 0.3 is 0 Å². The summed E-state index contributed by atoms with van der Waals surface area (Å²) in [4.78, 5) is 0. The molecule has 0 radical (unpaired) electrons. The summed E-state index contributed by atoms with van der Waals surface area (Å²) in [5.74, 6) is 0. The van der Waals surface area contributed by atoms with Gasteiger partial charge in [-0.3, -0.25) is 0 Å².